The van der Waals surface area contributed by atoms with Crippen LogP contribution in [0, 0.1) is 35.8 Å². The molecule has 12 nitrogen and oxygen atoms in total. The Hall–Kier alpha value is -1.92. The third kappa shape index (κ3) is 2.55. The summed E-state index contributed by atoms with van der Waals surface area (Å²) in [5.41, 5.74) is -6.37. The molecule has 25 heavy (non-hydrogen) atoms. The van der Waals surface area contributed by atoms with Crippen molar-refractivity contribution in [3.63, 3.8) is 0 Å². The van der Waals surface area contributed by atoms with E-state index in [-0.39, 0.29) is 5.23 Å². The summed E-state index contributed by atoms with van der Waals surface area (Å²) >= 11 is 0. The SMILES string of the molecule is CC(C)(ON1OC(C)(C)C(C)(C)C1([N+](=O)[O-])[N+](=O)[O-])C(C)(C)[N+](=O)[O-]. The molecule has 1 aliphatic rings. The fourth-order valence-electron chi connectivity index (χ4n) is 2.29. The van der Waals surface area contributed by atoms with E-state index in [0.717, 1.165) is 0 Å². The van der Waals surface area contributed by atoms with Gasteiger partial charge in [0, 0.05) is 18.8 Å². The molecule has 0 unspecified atom stereocenters. The molecule has 0 aliphatic carbocycles. The normalized spacial score (nSPS) is 22.6. The fourth-order valence-corrected chi connectivity index (χ4v) is 2.29. The summed E-state index contributed by atoms with van der Waals surface area (Å²) in [6.07, 6.45) is 0. The average Bonchev–Trinajstić information content (AvgIpc) is 2.51. The van der Waals surface area contributed by atoms with Gasteiger partial charge in [0.05, 0.1) is 5.23 Å². The van der Waals surface area contributed by atoms with Crippen molar-refractivity contribution in [3.8, 4) is 0 Å². The predicted molar refractivity (Wildman–Crippen MR) is 83.7 cm³/mol. The molecular formula is C13H24N4O8. The first-order chi connectivity index (χ1) is 10.9. The van der Waals surface area contributed by atoms with E-state index >= 15 is 0 Å². The Morgan fingerprint density at radius 3 is 1.64 bits per heavy atom. The van der Waals surface area contributed by atoms with Gasteiger partial charge in [-0.3, -0.25) is 35.2 Å². The number of nitrogens with zero attached hydrogens (tertiary/aromatic N) is 4. The van der Waals surface area contributed by atoms with E-state index in [0.29, 0.717) is 0 Å². The van der Waals surface area contributed by atoms with Gasteiger partial charge in [-0.25, -0.2) is 4.84 Å². The molecule has 0 atom stereocenters. The first-order valence-corrected chi connectivity index (χ1v) is 7.51. The third-order valence-corrected chi connectivity index (χ3v) is 5.66. The Morgan fingerprint density at radius 1 is 0.920 bits per heavy atom. The molecule has 0 aromatic heterocycles. The van der Waals surface area contributed by atoms with Crippen molar-refractivity contribution in [1.82, 2.24) is 5.23 Å². The lowest BCUT2D eigenvalue weighted by molar-refractivity contribution is -0.867. The highest BCUT2D eigenvalue weighted by Gasteiger charge is 2.85. The lowest BCUT2D eigenvalue weighted by Gasteiger charge is -2.36. The Kier molecular flexibility index (Phi) is 4.68. The molecular weight excluding hydrogens is 340 g/mol. The first-order valence-electron chi connectivity index (χ1n) is 7.51. The van der Waals surface area contributed by atoms with E-state index in [1.54, 1.807) is 0 Å². The van der Waals surface area contributed by atoms with Crippen molar-refractivity contribution in [2.24, 2.45) is 5.41 Å². The van der Waals surface area contributed by atoms with Crippen molar-refractivity contribution in [2.45, 2.75) is 77.9 Å². The second-order valence-corrected chi connectivity index (χ2v) is 8.05. The van der Waals surface area contributed by atoms with E-state index < -0.39 is 42.7 Å². The van der Waals surface area contributed by atoms with Crippen LogP contribution in [-0.4, -0.2) is 42.5 Å². The van der Waals surface area contributed by atoms with Gasteiger partial charge >= 0.3 is 5.79 Å². The van der Waals surface area contributed by atoms with Gasteiger partial charge in [0.15, 0.2) is 11.0 Å². The van der Waals surface area contributed by atoms with Gasteiger partial charge in [-0.2, -0.15) is 0 Å². The number of rotatable bonds is 6. The monoisotopic (exact) mass is 364 g/mol. The highest BCUT2D eigenvalue weighted by Crippen LogP contribution is 2.54. The van der Waals surface area contributed by atoms with Gasteiger partial charge < -0.3 is 0 Å². The Balaban J connectivity index is 3.56. The molecule has 0 N–H and O–H groups in total. The maximum atomic E-state index is 11.8. The maximum absolute atomic E-state index is 11.8. The van der Waals surface area contributed by atoms with Crippen LogP contribution < -0.4 is 0 Å². The topological polar surface area (TPSA) is 151 Å². The quantitative estimate of drug-likeness (QED) is 0.391. The predicted octanol–water partition coefficient (Wildman–Crippen LogP) is 2.01. The van der Waals surface area contributed by atoms with Crippen LogP contribution in [0.2, 0.25) is 0 Å². The van der Waals surface area contributed by atoms with Crippen molar-refractivity contribution in [1.29, 1.82) is 0 Å². The second-order valence-electron chi connectivity index (χ2n) is 8.05. The molecule has 144 valence electrons. The Morgan fingerprint density at radius 2 is 1.32 bits per heavy atom. The summed E-state index contributed by atoms with van der Waals surface area (Å²) in [5, 5.41) is 35.1. The number of hydroxylamine groups is 2. The van der Waals surface area contributed by atoms with Crippen LogP contribution >= 0.6 is 0 Å². The second kappa shape index (κ2) is 5.54. The molecule has 0 radical (unpaired) electrons. The molecule has 0 saturated carbocycles. The molecule has 12 heteroatoms. The van der Waals surface area contributed by atoms with E-state index in [2.05, 4.69) is 0 Å². The van der Waals surface area contributed by atoms with Gasteiger partial charge in [0.25, 0.3) is 0 Å². The standard InChI is InChI=1S/C13H24N4O8/c1-9(2)11(5,6)24-17(13(9,15(20)21)16(22)23)25-12(7,8)10(3,4)14(18)19/h1-8H3. The van der Waals surface area contributed by atoms with Gasteiger partial charge in [-0.05, 0) is 41.5 Å². The van der Waals surface area contributed by atoms with Crippen LogP contribution in [0.5, 0.6) is 0 Å². The van der Waals surface area contributed by atoms with E-state index in [4.69, 9.17) is 9.68 Å². The molecule has 1 heterocycles. The van der Waals surface area contributed by atoms with Crippen molar-refractivity contribution < 1.29 is 24.4 Å². The molecule has 1 saturated heterocycles. The molecule has 1 fully saturated rings. The smallest absolute Gasteiger partial charge is 0.264 e. The Bertz CT molecular complexity index is 599. The van der Waals surface area contributed by atoms with E-state index in [1.807, 2.05) is 0 Å². The zero-order valence-electron chi connectivity index (χ0n) is 15.6. The van der Waals surface area contributed by atoms with Crippen LogP contribution in [0.3, 0.4) is 0 Å². The molecule has 1 aliphatic heterocycles. The minimum absolute atomic E-state index is 0.207. The number of hydrogen-bond donors (Lipinski definition) is 0. The third-order valence-electron chi connectivity index (χ3n) is 5.66. The largest absolute Gasteiger partial charge is 0.574 e. The highest BCUT2D eigenvalue weighted by molar-refractivity contribution is 5.00. The Labute approximate surface area is 144 Å². The van der Waals surface area contributed by atoms with Gasteiger partial charge in [0.2, 0.25) is 5.54 Å². The van der Waals surface area contributed by atoms with Gasteiger partial charge in [-0.15, -0.1) is 0 Å². The van der Waals surface area contributed by atoms with Gasteiger partial charge in [0.1, 0.15) is 15.4 Å². The zero-order valence-corrected chi connectivity index (χ0v) is 15.6. The summed E-state index contributed by atoms with van der Waals surface area (Å²) in [5.74, 6) is -2.99. The van der Waals surface area contributed by atoms with Crippen molar-refractivity contribution in [3.05, 3.63) is 30.3 Å². The van der Waals surface area contributed by atoms with Crippen molar-refractivity contribution in [2.75, 3.05) is 0 Å². The summed E-state index contributed by atoms with van der Waals surface area (Å²) in [7, 11) is 0. The number of hydrogen-bond acceptors (Lipinski definition) is 9. The van der Waals surface area contributed by atoms with Crippen molar-refractivity contribution >= 4 is 0 Å². The summed E-state index contributed by atoms with van der Waals surface area (Å²) in [6.45, 7) is 10.6. The first kappa shape index (κ1) is 21.1. The lowest BCUT2D eigenvalue weighted by atomic mass is 9.73. The van der Waals surface area contributed by atoms with E-state index in [1.165, 1.54) is 55.4 Å². The van der Waals surface area contributed by atoms with Crippen LogP contribution in [0.4, 0.5) is 0 Å². The van der Waals surface area contributed by atoms with E-state index in [9.17, 15) is 30.3 Å². The molecule has 0 aromatic carbocycles. The van der Waals surface area contributed by atoms with Crippen LogP contribution in [0.1, 0.15) is 55.4 Å². The van der Waals surface area contributed by atoms with Crippen LogP contribution in [-0.2, 0) is 9.68 Å². The van der Waals surface area contributed by atoms with Gasteiger partial charge in [-0.1, -0.05) is 0 Å². The molecule has 0 aromatic rings. The molecule has 0 bridgehead atoms. The fraction of sp³-hybridized carbons (Fsp3) is 1.00. The average molecular weight is 364 g/mol. The zero-order chi connectivity index (χ0) is 20.2. The molecule has 0 amide bonds. The molecule has 0 spiro atoms. The maximum Gasteiger partial charge on any atom is 0.574 e. The van der Waals surface area contributed by atoms with Crippen LogP contribution in [0.25, 0.3) is 0 Å². The highest BCUT2D eigenvalue weighted by atomic mass is 17.0. The summed E-state index contributed by atoms with van der Waals surface area (Å²) in [4.78, 5) is 42.9. The minimum atomic E-state index is -2.99. The molecule has 1 rings (SSSR count). The lowest BCUT2D eigenvalue weighted by Crippen LogP contribution is -2.67. The van der Waals surface area contributed by atoms with Crippen LogP contribution in [0.15, 0.2) is 0 Å². The number of nitro groups is 3. The summed E-state index contributed by atoms with van der Waals surface area (Å²) < 4.78 is 0. The summed E-state index contributed by atoms with van der Waals surface area (Å²) in [6, 6.07) is 0. The minimum Gasteiger partial charge on any atom is -0.264 e.